The van der Waals surface area contributed by atoms with Crippen LogP contribution < -0.4 is 5.73 Å². The van der Waals surface area contributed by atoms with Gasteiger partial charge in [0.1, 0.15) is 5.69 Å². The van der Waals surface area contributed by atoms with Crippen molar-refractivity contribution in [3.63, 3.8) is 0 Å². The van der Waals surface area contributed by atoms with Crippen molar-refractivity contribution in [1.29, 1.82) is 0 Å². The Kier molecular flexibility index (Phi) is 2.38. The molecular formula is C11H11N5S. The molecule has 0 spiro atoms. The Bertz CT molecular complexity index is 641. The molecule has 1 atom stereocenters. The minimum atomic E-state index is -0.184. The molecule has 6 heteroatoms. The van der Waals surface area contributed by atoms with E-state index in [1.807, 2.05) is 36.6 Å². The van der Waals surface area contributed by atoms with Crippen LogP contribution in [0.15, 0.2) is 29.6 Å². The van der Waals surface area contributed by atoms with Gasteiger partial charge in [0.2, 0.25) is 0 Å². The van der Waals surface area contributed by atoms with Gasteiger partial charge in [-0.15, -0.1) is 21.5 Å². The highest BCUT2D eigenvalue weighted by atomic mass is 32.1. The maximum absolute atomic E-state index is 5.83. The summed E-state index contributed by atoms with van der Waals surface area (Å²) in [6.07, 6.45) is 0. The van der Waals surface area contributed by atoms with Crippen molar-refractivity contribution in [2.24, 2.45) is 5.73 Å². The molecule has 3 aromatic heterocycles. The first-order chi connectivity index (χ1) is 8.25. The normalized spacial score (nSPS) is 13.1. The van der Waals surface area contributed by atoms with Crippen LogP contribution in [-0.2, 0) is 0 Å². The summed E-state index contributed by atoms with van der Waals surface area (Å²) < 4.78 is 1.71. The molecule has 3 aromatic rings. The fraction of sp³-hybridized carbons (Fsp3) is 0.182. The lowest BCUT2D eigenvalue weighted by Gasteiger charge is -2.03. The molecule has 0 bridgehead atoms. The van der Waals surface area contributed by atoms with Crippen molar-refractivity contribution in [2.45, 2.75) is 13.0 Å². The second kappa shape index (κ2) is 3.90. The summed E-state index contributed by atoms with van der Waals surface area (Å²) in [5.74, 6) is 0.679. The fourth-order valence-corrected chi connectivity index (χ4v) is 2.34. The van der Waals surface area contributed by atoms with Crippen LogP contribution in [0, 0.1) is 0 Å². The van der Waals surface area contributed by atoms with E-state index in [-0.39, 0.29) is 6.04 Å². The van der Waals surface area contributed by atoms with Crippen molar-refractivity contribution >= 4 is 17.0 Å². The smallest absolute Gasteiger partial charge is 0.178 e. The molecule has 0 aliphatic heterocycles. The molecule has 5 nitrogen and oxygen atoms in total. The van der Waals surface area contributed by atoms with Crippen molar-refractivity contribution in [2.75, 3.05) is 0 Å². The average Bonchev–Trinajstić information content (AvgIpc) is 2.97. The Morgan fingerprint density at radius 1 is 1.29 bits per heavy atom. The SMILES string of the molecule is C[C@@H](N)c1nnc2ccc(-c3cccs3)nn12. The van der Waals surface area contributed by atoms with Gasteiger partial charge in [-0.2, -0.15) is 9.61 Å². The number of rotatable bonds is 2. The first kappa shape index (κ1) is 10.4. The van der Waals surface area contributed by atoms with Crippen LogP contribution in [0.5, 0.6) is 0 Å². The highest BCUT2D eigenvalue weighted by Crippen LogP contribution is 2.22. The van der Waals surface area contributed by atoms with Gasteiger partial charge in [0.05, 0.1) is 10.9 Å². The third-order valence-corrected chi connectivity index (χ3v) is 3.36. The summed E-state index contributed by atoms with van der Waals surface area (Å²) in [6, 6.07) is 7.71. The fourth-order valence-electron chi connectivity index (χ4n) is 1.65. The van der Waals surface area contributed by atoms with Crippen LogP contribution >= 0.6 is 11.3 Å². The predicted octanol–water partition coefficient (Wildman–Crippen LogP) is 1.87. The Morgan fingerprint density at radius 3 is 2.88 bits per heavy atom. The van der Waals surface area contributed by atoms with E-state index in [1.54, 1.807) is 15.9 Å². The van der Waals surface area contributed by atoms with Crippen molar-refractivity contribution in [1.82, 2.24) is 19.8 Å². The molecule has 3 rings (SSSR count). The minimum Gasteiger partial charge on any atom is -0.321 e. The Labute approximate surface area is 102 Å². The molecule has 0 aromatic carbocycles. The zero-order valence-corrected chi connectivity index (χ0v) is 10.1. The van der Waals surface area contributed by atoms with Gasteiger partial charge in [-0.25, -0.2) is 0 Å². The molecule has 0 aliphatic rings. The molecule has 0 saturated carbocycles. The maximum Gasteiger partial charge on any atom is 0.178 e. The first-order valence-electron chi connectivity index (χ1n) is 5.27. The minimum absolute atomic E-state index is 0.184. The van der Waals surface area contributed by atoms with E-state index < -0.39 is 0 Å². The summed E-state index contributed by atoms with van der Waals surface area (Å²) in [6.45, 7) is 1.87. The summed E-state index contributed by atoms with van der Waals surface area (Å²) in [7, 11) is 0. The molecular weight excluding hydrogens is 234 g/mol. The van der Waals surface area contributed by atoms with E-state index in [2.05, 4.69) is 15.3 Å². The van der Waals surface area contributed by atoms with Crippen LogP contribution in [0.4, 0.5) is 0 Å². The highest BCUT2D eigenvalue weighted by molar-refractivity contribution is 7.13. The van der Waals surface area contributed by atoms with E-state index in [1.165, 1.54) is 0 Å². The maximum atomic E-state index is 5.83. The van der Waals surface area contributed by atoms with Gasteiger partial charge in [-0.05, 0) is 30.5 Å². The third kappa shape index (κ3) is 1.71. The van der Waals surface area contributed by atoms with Gasteiger partial charge in [0.25, 0.3) is 0 Å². The van der Waals surface area contributed by atoms with Crippen molar-refractivity contribution < 1.29 is 0 Å². The summed E-state index contributed by atoms with van der Waals surface area (Å²) in [4.78, 5) is 1.12. The molecule has 2 N–H and O–H groups in total. The van der Waals surface area contributed by atoms with Gasteiger partial charge in [-0.3, -0.25) is 0 Å². The van der Waals surface area contributed by atoms with Gasteiger partial charge < -0.3 is 5.73 Å². The number of thiophene rings is 1. The van der Waals surface area contributed by atoms with E-state index >= 15 is 0 Å². The number of fused-ring (bicyclic) bond motifs is 1. The number of hydrogen-bond donors (Lipinski definition) is 1. The monoisotopic (exact) mass is 245 g/mol. The van der Waals surface area contributed by atoms with Gasteiger partial charge in [0.15, 0.2) is 11.5 Å². The van der Waals surface area contributed by atoms with E-state index in [4.69, 9.17) is 5.73 Å². The largest absolute Gasteiger partial charge is 0.321 e. The average molecular weight is 245 g/mol. The summed E-state index contributed by atoms with van der Waals surface area (Å²) in [5, 5.41) is 14.6. The lowest BCUT2D eigenvalue weighted by Crippen LogP contribution is -2.11. The van der Waals surface area contributed by atoms with Crippen LogP contribution in [0.2, 0.25) is 0 Å². The number of nitrogens with zero attached hydrogens (tertiary/aromatic N) is 4. The number of aromatic nitrogens is 4. The highest BCUT2D eigenvalue weighted by Gasteiger charge is 2.11. The standard InChI is InChI=1S/C11H11N5S/c1-7(12)11-14-13-10-5-4-8(15-16(10)11)9-3-2-6-17-9/h2-7H,12H2,1H3/t7-/m1/s1. The summed E-state index contributed by atoms with van der Waals surface area (Å²) >= 11 is 1.65. The second-order valence-electron chi connectivity index (χ2n) is 3.81. The molecule has 0 saturated heterocycles. The van der Waals surface area contributed by atoms with Crippen LogP contribution in [0.1, 0.15) is 18.8 Å². The Hall–Kier alpha value is -1.79. The summed E-state index contributed by atoms with van der Waals surface area (Å²) in [5.41, 5.74) is 7.46. The second-order valence-corrected chi connectivity index (χ2v) is 4.76. The zero-order chi connectivity index (χ0) is 11.8. The van der Waals surface area contributed by atoms with E-state index in [9.17, 15) is 0 Å². The van der Waals surface area contributed by atoms with Crippen LogP contribution in [0.3, 0.4) is 0 Å². The van der Waals surface area contributed by atoms with E-state index in [0.717, 1.165) is 16.2 Å². The zero-order valence-electron chi connectivity index (χ0n) is 9.24. The molecule has 0 aliphatic carbocycles. The topological polar surface area (TPSA) is 69.1 Å². The molecule has 0 fully saturated rings. The lowest BCUT2D eigenvalue weighted by molar-refractivity contribution is 0.696. The van der Waals surface area contributed by atoms with Crippen molar-refractivity contribution in [3.8, 4) is 10.6 Å². The number of hydrogen-bond acceptors (Lipinski definition) is 5. The molecule has 0 radical (unpaired) electrons. The third-order valence-electron chi connectivity index (χ3n) is 2.47. The molecule has 0 unspecified atom stereocenters. The first-order valence-corrected chi connectivity index (χ1v) is 6.15. The quantitative estimate of drug-likeness (QED) is 0.748. The predicted molar refractivity (Wildman–Crippen MR) is 66.7 cm³/mol. The molecule has 0 amide bonds. The molecule has 86 valence electrons. The Morgan fingerprint density at radius 2 is 2.18 bits per heavy atom. The molecule has 3 heterocycles. The van der Waals surface area contributed by atoms with Crippen LogP contribution in [-0.4, -0.2) is 19.8 Å². The van der Waals surface area contributed by atoms with E-state index in [0.29, 0.717) is 5.82 Å². The van der Waals surface area contributed by atoms with Gasteiger partial charge >= 0.3 is 0 Å². The Balaban J connectivity index is 2.20. The van der Waals surface area contributed by atoms with Gasteiger partial charge in [0, 0.05) is 0 Å². The number of nitrogens with two attached hydrogens (primary N) is 1. The lowest BCUT2D eigenvalue weighted by atomic mass is 10.3. The molecule has 17 heavy (non-hydrogen) atoms. The van der Waals surface area contributed by atoms with Gasteiger partial charge in [-0.1, -0.05) is 6.07 Å². The van der Waals surface area contributed by atoms with Crippen molar-refractivity contribution in [3.05, 3.63) is 35.5 Å². The van der Waals surface area contributed by atoms with Crippen LogP contribution in [0.25, 0.3) is 16.2 Å².